The third-order valence-electron chi connectivity index (χ3n) is 2.30. The molecular weight excluding hydrogens is 316 g/mol. The van der Waals surface area contributed by atoms with Crippen LogP contribution in [0.25, 0.3) is 11.4 Å². The van der Waals surface area contributed by atoms with Crippen LogP contribution in [0.15, 0.2) is 33.3 Å². The van der Waals surface area contributed by atoms with Crippen molar-refractivity contribution in [3.8, 4) is 11.4 Å². The third-order valence-corrected chi connectivity index (χ3v) is 3.92. The van der Waals surface area contributed by atoms with Gasteiger partial charge in [-0.15, -0.1) is 11.8 Å². The molecule has 1 aromatic carbocycles. The highest BCUT2D eigenvalue weighted by Gasteiger charge is 2.10. The molecule has 0 amide bonds. The molecule has 0 saturated carbocycles. The molecule has 1 N–H and O–H groups in total. The predicted octanol–water partition coefficient (Wildman–Crippen LogP) is 3.11. The van der Waals surface area contributed by atoms with Crippen LogP contribution in [0.5, 0.6) is 0 Å². The van der Waals surface area contributed by atoms with Crippen LogP contribution in [0.2, 0.25) is 0 Å². The molecule has 0 aliphatic rings. The van der Waals surface area contributed by atoms with E-state index < -0.39 is 0 Å². The van der Waals surface area contributed by atoms with E-state index in [4.69, 9.17) is 9.63 Å². The Hall–Kier alpha value is -0.850. The highest BCUT2D eigenvalue weighted by atomic mass is 79.9. The zero-order valence-corrected chi connectivity index (χ0v) is 12.2. The van der Waals surface area contributed by atoms with Gasteiger partial charge in [0, 0.05) is 15.3 Å². The summed E-state index contributed by atoms with van der Waals surface area (Å²) in [4.78, 5) is 4.33. The van der Waals surface area contributed by atoms with Crippen LogP contribution in [0.4, 0.5) is 0 Å². The predicted molar refractivity (Wildman–Crippen MR) is 75.3 cm³/mol. The fourth-order valence-corrected chi connectivity index (χ4v) is 2.37. The largest absolute Gasteiger partial charge is 0.395 e. The van der Waals surface area contributed by atoms with Gasteiger partial charge in [0.2, 0.25) is 11.7 Å². The molecule has 2 aromatic rings. The highest BCUT2D eigenvalue weighted by molar-refractivity contribution is 9.10. The summed E-state index contributed by atoms with van der Waals surface area (Å²) >= 11 is 4.99. The fraction of sp³-hybridized carbons (Fsp3) is 0.333. The van der Waals surface area contributed by atoms with Crippen LogP contribution in [0, 0.1) is 0 Å². The van der Waals surface area contributed by atoms with Crippen molar-refractivity contribution in [3.05, 3.63) is 34.6 Å². The van der Waals surface area contributed by atoms with Crippen LogP contribution in [-0.2, 0) is 5.75 Å². The van der Waals surface area contributed by atoms with Gasteiger partial charge in [0.15, 0.2) is 0 Å². The van der Waals surface area contributed by atoms with E-state index in [1.54, 1.807) is 11.8 Å². The van der Waals surface area contributed by atoms with Crippen LogP contribution in [0.3, 0.4) is 0 Å². The first-order valence-electron chi connectivity index (χ1n) is 5.50. The van der Waals surface area contributed by atoms with E-state index in [1.807, 2.05) is 31.2 Å². The van der Waals surface area contributed by atoms with E-state index in [1.165, 1.54) is 0 Å². The quantitative estimate of drug-likeness (QED) is 0.913. The number of aromatic nitrogens is 2. The molecule has 0 radical (unpaired) electrons. The van der Waals surface area contributed by atoms with E-state index in [9.17, 15) is 0 Å². The van der Waals surface area contributed by atoms with E-state index in [0.29, 0.717) is 17.5 Å². The topological polar surface area (TPSA) is 59.2 Å². The second kappa shape index (κ2) is 6.36. The summed E-state index contributed by atoms with van der Waals surface area (Å²) in [6, 6.07) is 7.75. The maximum atomic E-state index is 8.93. The normalized spacial score (nSPS) is 12.6. The zero-order chi connectivity index (χ0) is 13.0. The van der Waals surface area contributed by atoms with Crippen molar-refractivity contribution in [1.29, 1.82) is 0 Å². The van der Waals surface area contributed by atoms with Gasteiger partial charge in [0.1, 0.15) is 0 Å². The number of aliphatic hydroxyl groups is 1. The smallest absolute Gasteiger partial charge is 0.236 e. The zero-order valence-electron chi connectivity index (χ0n) is 9.84. The molecule has 0 bridgehead atoms. The average molecular weight is 329 g/mol. The molecule has 18 heavy (non-hydrogen) atoms. The minimum Gasteiger partial charge on any atom is -0.395 e. The van der Waals surface area contributed by atoms with Crippen LogP contribution in [0.1, 0.15) is 12.8 Å². The van der Waals surface area contributed by atoms with Crippen molar-refractivity contribution in [2.24, 2.45) is 0 Å². The SMILES string of the molecule is CC(CO)SCc1nc(-c2cccc(Br)c2)no1. The Labute approximate surface area is 118 Å². The van der Waals surface area contributed by atoms with Crippen molar-refractivity contribution in [2.45, 2.75) is 17.9 Å². The number of hydrogen-bond acceptors (Lipinski definition) is 5. The molecule has 0 aliphatic carbocycles. The van der Waals surface area contributed by atoms with Gasteiger partial charge in [-0.1, -0.05) is 40.1 Å². The van der Waals surface area contributed by atoms with Crippen molar-refractivity contribution in [1.82, 2.24) is 10.1 Å². The molecule has 0 fully saturated rings. The van der Waals surface area contributed by atoms with E-state index in [0.717, 1.165) is 10.0 Å². The molecule has 1 atom stereocenters. The number of benzene rings is 1. The first kappa shape index (κ1) is 13.6. The minimum atomic E-state index is 0.150. The summed E-state index contributed by atoms with van der Waals surface area (Å²) in [6.07, 6.45) is 0. The molecule has 1 aromatic heterocycles. The Balaban J connectivity index is 2.06. The lowest BCUT2D eigenvalue weighted by atomic mass is 10.2. The summed E-state index contributed by atoms with van der Waals surface area (Å²) in [5, 5.41) is 13.1. The molecular formula is C12H13BrN2O2S. The molecule has 0 saturated heterocycles. The Morgan fingerprint density at radius 3 is 3.06 bits per heavy atom. The Morgan fingerprint density at radius 2 is 2.33 bits per heavy atom. The summed E-state index contributed by atoms with van der Waals surface area (Å²) < 4.78 is 6.16. The van der Waals surface area contributed by atoms with Gasteiger partial charge in [-0.25, -0.2) is 0 Å². The molecule has 1 heterocycles. The molecule has 1 unspecified atom stereocenters. The van der Waals surface area contributed by atoms with E-state index >= 15 is 0 Å². The summed E-state index contributed by atoms with van der Waals surface area (Å²) in [5.74, 6) is 1.78. The third kappa shape index (κ3) is 3.57. The van der Waals surface area contributed by atoms with Crippen molar-refractivity contribution in [3.63, 3.8) is 0 Å². The van der Waals surface area contributed by atoms with Crippen LogP contribution < -0.4 is 0 Å². The lowest BCUT2D eigenvalue weighted by Crippen LogP contribution is -2.02. The van der Waals surface area contributed by atoms with Gasteiger partial charge in [-0.2, -0.15) is 4.98 Å². The fourth-order valence-electron chi connectivity index (χ4n) is 1.32. The molecule has 4 nitrogen and oxygen atoms in total. The Morgan fingerprint density at radius 1 is 1.50 bits per heavy atom. The van der Waals surface area contributed by atoms with Crippen LogP contribution in [-0.4, -0.2) is 27.1 Å². The number of aliphatic hydroxyl groups excluding tert-OH is 1. The van der Waals surface area contributed by atoms with Gasteiger partial charge < -0.3 is 9.63 Å². The first-order chi connectivity index (χ1) is 8.69. The van der Waals surface area contributed by atoms with Gasteiger partial charge in [0.05, 0.1) is 12.4 Å². The van der Waals surface area contributed by atoms with Gasteiger partial charge in [-0.05, 0) is 12.1 Å². The summed E-state index contributed by atoms with van der Waals surface area (Å²) in [6.45, 7) is 2.10. The molecule has 0 spiro atoms. The average Bonchev–Trinajstić information content (AvgIpc) is 2.84. The summed E-state index contributed by atoms with van der Waals surface area (Å²) in [7, 11) is 0. The maximum absolute atomic E-state index is 8.93. The van der Waals surface area contributed by atoms with Gasteiger partial charge in [-0.3, -0.25) is 0 Å². The lowest BCUT2D eigenvalue weighted by Gasteiger charge is -2.03. The highest BCUT2D eigenvalue weighted by Crippen LogP contribution is 2.22. The maximum Gasteiger partial charge on any atom is 0.236 e. The second-order valence-electron chi connectivity index (χ2n) is 3.83. The first-order valence-corrected chi connectivity index (χ1v) is 7.34. The molecule has 0 aliphatic heterocycles. The van der Waals surface area contributed by atoms with Gasteiger partial charge in [0.25, 0.3) is 0 Å². The summed E-state index contributed by atoms with van der Waals surface area (Å²) in [5.41, 5.74) is 0.916. The molecule has 2 rings (SSSR count). The van der Waals surface area contributed by atoms with E-state index in [2.05, 4.69) is 26.1 Å². The van der Waals surface area contributed by atoms with Crippen molar-refractivity contribution in [2.75, 3.05) is 6.61 Å². The minimum absolute atomic E-state index is 0.150. The monoisotopic (exact) mass is 328 g/mol. The van der Waals surface area contributed by atoms with E-state index in [-0.39, 0.29) is 11.9 Å². The molecule has 96 valence electrons. The number of thioether (sulfide) groups is 1. The lowest BCUT2D eigenvalue weighted by molar-refractivity contribution is 0.300. The molecule has 6 heteroatoms. The van der Waals surface area contributed by atoms with Gasteiger partial charge >= 0.3 is 0 Å². The number of halogens is 1. The Bertz CT molecular complexity index is 518. The number of nitrogens with zero attached hydrogens (tertiary/aromatic N) is 2. The van der Waals surface area contributed by atoms with Crippen LogP contribution >= 0.6 is 27.7 Å². The number of hydrogen-bond donors (Lipinski definition) is 1. The Kier molecular flexibility index (Phi) is 4.79. The van der Waals surface area contributed by atoms with Crippen molar-refractivity contribution < 1.29 is 9.63 Å². The standard InChI is InChI=1S/C12H13BrN2O2S/c1-8(6-16)18-7-11-14-12(15-17-11)9-3-2-4-10(13)5-9/h2-5,8,16H,6-7H2,1H3. The van der Waals surface area contributed by atoms with Crippen molar-refractivity contribution >= 4 is 27.7 Å². The second-order valence-corrected chi connectivity index (χ2v) is 6.17. The number of rotatable bonds is 5.